The quantitative estimate of drug-likeness (QED) is 0.742. The molecule has 3 nitrogen and oxygen atoms in total. The SMILES string of the molecule is CCC1CCCCN1CCCOc1ccccc1C#N. The molecule has 0 N–H and O–H groups in total. The smallest absolute Gasteiger partial charge is 0.137 e. The van der Waals surface area contributed by atoms with Crippen molar-refractivity contribution in [2.75, 3.05) is 19.7 Å². The van der Waals surface area contributed by atoms with Crippen molar-refractivity contribution in [3.8, 4) is 11.8 Å². The molecule has 2 rings (SSSR count). The van der Waals surface area contributed by atoms with E-state index in [1.165, 1.54) is 32.2 Å². The predicted octanol–water partition coefficient (Wildman–Crippen LogP) is 3.59. The summed E-state index contributed by atoms with van der Waals surface area (Å²) in [4.78, 5) is 2.60. The average Bonchev–Trinajstić information content (AvgIpc) is 2.52. The van der Waals surface area contributed by atoms with Crippen molar-refractivity contribution < 1.29 is 4.74 Å². The number of benzene rings is 1. The number of ether oxygens (including phenoxy) is 1. The summed E-state index contributed by atoms with van der Waals surface area (Å²) in [7, 11) is 0. The molecule has 1 heterocycles. The summed E-state index contributed by atoms with van der Waals surface area (Å²) >= 11 is 0. The normalized spacial score (nSPS) is 19.5. The fourth-order valence-electron chi connectivity index (χ4n) is 2.95. The third kappa shape index (κ3) is 3.98. The summed E-state index contributed by atoms with van der Waals surface area (Å²) in [6.45, 7) is 5.30. The second-order valence-electron chi connectivity index (χ2n) is 5.40. The summed E-state index contributed by atoms with van der Waals surface area (Å²) in [5, 5.41) is 9.01. The van der Waals surface area contributed by atoms with Crippen molar-refractivity contribution in [3.63, 3.8) is 0 Å². The molecule has 0 bridgehead atoms. The molecular formula is C17H24N2O. The maximum absolute atomic E-state index is 9.01. The minimum atomic E-state index is 0.622. The zero-order valence-electron chi connectivity index (χ0n) is 12.3. The number of para-hydroxylation sites is 1. The van der Waals surface area contributed by atoms with Gasteiger partial charge in [-0.05, 0) is 44.4 Å². The van der Waals surface area contributed by atoms with E-state index >= 15 is 0 Å². The first-order valence-electron chi connectivity index (χ1n) is 7.71. The van der Waals surface area contributed by atoms with E-state index < -0.39 is 0 Å². The zero-order valence-corrected chi connectivity index (χ0v) is 12.3. The van der Waals surface area contributed by atoms with E-state index in [9.17, 15) is 0 Å². The van der Waals surface area contributed by atoms with Gasteiger partial charge in [0, 0.05) is 12.6 Å². The Bertz CT molecular complexity index is 453. The van der Waals surface area contributed by atoms with Crippen molar-refractivity contribution in [1.29, 1.82) is 5.26 Å². The van der Waals surface area contributed by atoms with E-state index in [0.29, 0.717) is 17.9 Å². The molecule has 1 atom stereocenters. The minimum Gasteiger partial charge on any atom is -0.492 e. The van der Waals surface area contributed by atoms with Crippen molar-refractivity contribution in [2.24, 2.45) is 0 Å². The number of piperidine rings is 1. The van der Waals surface area contributed by atoms with Gasteiger partial charge in [-0.25, -0.2) is 0 Å². The van der Waals surface area contributed by atoms with Crippen LogP contribution < -0.4 is 4.74 Å². The Balaban J connectivity index is 1.75. The van der Waals surface area contributed by atoms with E-state index in [4.69, 9.17) is 10.00 Å². The van der Waals surface area contributed by atoms with Crippen LogP contribution in [0.4, 0.5) is 0 Å². The first kappa shape index (κ1) is 14.9. The van der Waals surface area contributed by atoms with Gasteiger partial charge in [0.15, 0.2) is 0 Å². The molecule has 0 aromatic heterocycles. The lowest BCUT2D eigenvalue weighted by molar-refractivity contribution is 0.134. The van der Waals surface area contributed by atoms with Gasteiger partial charge >= 0.3 is 0 Å². The van der Waals surface area contributed by atoms with Gasteiger partial charge in [0.05, 0.1) is 12.2 Å². The molecule has 1 saturated heterocycles. The Hall–Kier alpha value is -1.53. The monoisotopic (exact) mass is 272 g/mol. The Morgan fingerprint density at radius 2 is 2.20 bits per heavy atom. The molecule has 1 unspecified atom stereocenters. The lowest BCUT2D eigenvalue weighted by Crippen LogP contribution is -2.40. The maximum atomic E-state index is 9.01. The highest BCUT2D eigenvalue weighted by Gasteiger charge is 2.19. The Kier molecular flexibility index (Phi) is 5.88. The second-order valence-corrected chi connectivity index (χ2v) is 5.40. The molecule has 0 saturated carbocycles. The fraction of sp³-hybridized carbons (Fsp3) is 0.588. The van der Waals surface area contributed by atoms with Crippen molar-refractivity contribution in [1.82, 2.24) is 4.90 Å². The van der Waals surface area contributed by atoms with Crippen LogP contribution in [0, 0.1) is 11.3 Å². The highest BCUT2D eigenvalue weighted by Crippen LogP contribution is 2.20. The molecule has 0 radical (unpaired) electrons. The lowest BCUT2D eigenvalue weighted by atomic mass is 10.00. The molecule has 0 spiro atoms. The fourth-order valence-corrected chi connectivity index (χ4v) is 2.95. The van der Waals surface area contributed by atoms with Crippen LogP contribution in [0.15, 0.2) is 24.3 Å². The molecule has 1 fully saturated rings. The minimum absolute atomic E-state index is 0.622. The third-order valence-electron chi connectivity index (χ3n) is 4.08. The standard InChI is InChI=1S/C17H24N2O/c1-2-16-9-5-6-11-19(16)12-7-13-20-17-10-4-3-8-15(17)14-18/h3-4,8,10,16H,2,5-7,9,11-13H2,1H3. The van der Waals surface area contributed by atoms with Gasteiger partial charge in [0.25, 0.3) is 0 Å². The lowest BCUT2D eigenvalue weighted by Gasteiger charge is -2.35. The topological polar surface area (TPSA) is 36.3 Å². The number of rotatable bonds is 6. The number of nitriles is 1. The number of hydrogen-bond donors (Lipinski definition) is 0. The van der Waals surface area contributed by atoms with Gasteiger partial charge in [-0.15, -0.1) is 0 Å². The molecule has 1 aliphatic heterocycles. The summed E-state index contributed by atoms with van der Waals surface area (Å²) < 4.78 is 5.74. The molecule has 108 valence electrons. The molecule has 1 aliphatic rings. The summed E-state index contributed by atoms with van der Waals surface area (Å²) in [6.07, 6.45) is 6.32. The number of nitrogens with zero attached hydrogens (tertiary/aromatic N) is 2. The van der Waals surface area contributed by atoms with Gasteiger partial charge in [-0.1, -0.05) is 25.5 Å². The van der Waals surface area contributed by atoms with E-state index in [-0.39, 0.29) is 0 Å². The van der Waals surface area contributed by atoms with E-state index in [2.05, 4.69) is 17.9 Å². The molecule has 0 amide bonds. The molecule has 0 aliphatic carbocycles. The van der Waals surface area contributed by atoms with Gasteiger partial charge in [0.2, 0.25) is 0 Å². The highest BCUT2D eigenvalue weighted by atomic mass is 16.5. The van der Waals surface area contributed by atoms with Crippen molar-refractivity contribution in [2.45, 2.75) is 45.1 Å². The largest absolute Gasteiger partial charge is 0.492 e. The van der Waals surface area contributed by atoms with Crippen LogP contribution in [-0.4, -0.2) is 30.6 Å². The van der Waals surface area contributed by atoms with Crippen LogP contribution in [0.1, 0.15) is 44.6 Å². The summed E-state index contributed by atoms with van der Waals surface area (Å²) in [5.41, 5.74) is 0.622. The van der Waals surface area contributed by atoms with Gasteiger partial charge < -0.3 is 9.64 Å². The van der Waals surface area contributed by atoms with Crippen LogP contribution in [0.25, 0.3) is 0 Å². The highest BCUT2D eigenvalue weighted by molar-refractivity contribution is 5.42. The van der Waals surface area contributed by atoms with Gasteiger partial charge in [0.1, 0.15) is 11.8 Å². The first-order chi connectivity index (χ1) is 9.85. The summed E-state index contributed by atoms with van der Waals surface area (Å²) in [5.74, 6) is 0.709. The Morgan fingerprint density at radius 3 is 3.00 bits per heavy atom. The summed E-state index contributed by atoms with van der Waals surface area (Å²) in [6, 6.07) is 10.4. The molecule has 1 aromatic carbocycles. The van der Waals surface area contributed by atoms with Crippen LogP contribution in [-0.2, 0) is 0 Å². The number of hydrogen-bond acceptors (Lipinski definition) is 3. The zero-order chi connectivity index (χ0) is 14.2. The molecule has 20 heavy (non-hydrogen) atoms. The van der Waals surface area contributed by atoms with Crippen LogP contribution >= 0.6 is 0 Å². The van der Waals surface area contributed by atoms with Crippen molar-refractivity contribution in [3.05, 3.63) is 29.8 Å². The number of likely N-dealkylation sites (tertiary alicyclic amines) is 1. The van der Waals surface area contributed by atoms with E-state index in [1.807, 2.05) is 18.2 Å². The Morgan fingerprint density at radius 1 is 1.35 bits per heavy atom. The van der Waals surface area contributed by atoms with Crippen LogP contribution in [0.5, 0.6) is 5.75 Å². The van der Waals surface area contributed by atoms with Crippen molar-refractivity contribution >= 4 is 0 Å². The van der Waals surface area contributed by atoms with Gasteiger partial charge in [-0.2, -0.15) is 5.26 Å². The molecule has 3 heteroatoms. The Labute approximate surface area is 122 Å². The second kappa shape index (κ2) is 7.91. The first-order valence-corrected chi connectivity index (χ1v) is 7.71. The maximum Gasteiger partial charge on any atom is 0.137 e. The predicted molar refractivity (Wildman–Crippen MR) is 80.8 cm³/mol. The molecule has 1 aromatic rings. The molecular weight excluding hydrogens is 248 g/mol. The van der Waals surface area contributed by atoms with Crippen LogP contribution in [0.2, 0.25) is 0 Å². The van der Waals surface area contributed by atoms with Crippen LogP contribution in [0.3, 0.4) is 0 Å². The third-order valence-corrected chi connectivity index (χ3v) is 4.08. The van der Waals surface area contributed by atoms with E-state index in [1.54, 1.807) is 6.07 Å². The average molecular weight is 272 g/mol. The van der Waals surface area contributed by atoms with E-state index in [0.717, 1.165) is 19.0 Å². The van der Waals surface area contributed by atoms with Gasteiger partial charge in [-0.3, -0.25) is 0 Å².